The first kappa shape index (κ1) is 17.1. The summed E-state index contributed by atoms with van der Waals surface area (Å²) in [6, 6.07) is 2.46. The van der Waals surface area contributed by atoms with Crippen molar-refractivity contribution in [3.05, 3.63) is 23.0 Å². The Balaban J connectivity index is 0.00000200. The van der Waals surface area contributed by atoms with Crippen LogP contribution in [0.5, 0.6) is 0 Å². The van der Waals surface area contributed by atoms with Gasteiger partial charge in [0.2, 0.25) is 0 Å². The van der Waals surface area contributed by atoms with E-state index >= 15 is 0 Å². The van der Waals surface area contributed by atoms with Gasteiger partial charge in [-0.3, -0.25) is 4.79 Å². The molecule has 1 aliphatic carbocycles. The van der Waals surface area contributed by atoms with Crippen LogP contribution in [0.1, 0.15) is 54.4 Å². The first-order chi connectivity index (χ1) is 9.02. The molecular formula is C15H26ClN3O. The van der Waals surface area contributed by atoms with Gasteiger partial charge in [-0.15, -0.1) is 12.4 Å². The highest BCUT2D eigenvalue weighted by Gasteiger charge is 2.23. The third-order valence-corrected chi connectivity index (χ3v) is 4.18. The molecule has 1 heterocycles. The molecule has 3 N–H and O–H groups in total. The fourth-order valence-electron chi connectivity index (χ4n) is 3.14. The van der Waals surface area contributed by atoms with Crippen LogP contribution in [0.4, 0.5) is 0 Å². The molecule has 0 aromatic carbocycles. The van der Waals surface area contributed by atoms with Crippen molar-refractivity contribution in [2.45, 2.75) is 65.1 Å². The zero-order chi connectivity index (χ0) is 14.0. The van der Waals surface area contributed by atoms with E-state index in [-0.39, 0.29) is 30.4 Å². The summed E-state index contributed by atoms with van der Waals surface area (Å²) in [4.78, 5) is 12.4. The normalized spacial score (nSPS) is 22.2. The van der Waals surface area contributed by atoms with Crippen molar-refractivity contribution in [3.8, 4) is 0 Å². The van der Waals surface area contributed by atoms with Crippen molar-refractivity contribution >= 4 is 18.3 Å². The fourth-order valence-corrected chi connectivity index (χ4v) is 3.14. The van der Waals surface area contributed by atoms with Crippen LogP contribution in [0, 0.1) is 13.8 Å². The number of nitrogens with two attached hydrogens (primary N) is 1. The number of halogens is 1. The molecule has 0 spiro atoms. The van der Waals surface area contributed by atoms with Crippen molar-refractivity contribution < 1.29 is 4.79 Å². The van der Waals surface area contributed by atoms with Crippen LogP contribution in [0.15, 0.2) is 6.07 Å². The minimum atomic E-state index is 0. The highest BCUT2D eigenvalue weighted by atomic mass is 35.5. The van der Waals surface area contributed by atoms with Crippen LogP contribution in [-0.4, -0.2) is 22.6 Å². The van der Waals surface area contributed by atoms with E-state index < -0.39 is 0 Å². The summed E-state index contributed by atoms with van der Waals surface area (Å²) in [6.45, 7) is 7.06. The van der Waals surface area contributed by atoms with Gasteiger partial charge in [-0.2, -0.15) is 0 Å². The number of nitrogens with zero attached hydrogens (tertiary/aromatic N) is 1. The molecule has 1 fully saturated rings. The van der Waals surface area contributed by atoms with Crippen molar-refractivity contribution in [1.82, 2.24) is 9.88 Å². The van der Waals surface area contributed by atoms with Crippen LogP contribution < -0.4 is 11.1 Å². The Labute approximate surface area is 127 Å². The topological polar surface area (TPSA) is 60.0 Å². The largest absolute Gasteiger partial charge is 0.349 e. The predicted octanol–water partition coefficient (Wildman–Crippen LogP) is 2.55. The number of carbonyl (C=O) groups excluding carboxylic acids is 1. The molecule has 1 aliphatic rings. The Morgan fingerprint density at radius 2 is 2.15 bits per heavy atom. The molecule has 2 unspecified atom stereocenters. The van der Waals surface area contributed by atoms with Gasteiger partial charge < -0.3 is 15.6 Å². The second kappa shape index (κ2) is 7.14. The van der Waals surface area contributed by atoms with E-state index in [1.54, 1.807) is 0 Å². The number of rotatable bonds is 3. The summed E-state index contributed by atoms with van der Waals surface area (Å²) in [7, 11) is 0. The zero-order valence-corrected chi connectivity index (χ0v) is 13.4. The number of nitrogens with one attached hydrogen (secondary N) is 1. The van der Waals surface area contributed by atoms with Gasteiger partial charge >= 0.3 is 0 Å². The van der Waals surface area contributed by atoms with Gasteiger partial charge in [-0.25, -0.2) is 0 Å². The molecule has 1 saturated carbocycles. The van der Waals surface area contributed by atoms with Crippen LogP contribution in [0.3, 0.4) is 0 Å². The quantitative estimate of drug-likeness (QED) is 0.901. The number of amides is 1. The van der Waals surface area contributed by atoms with Gasteiger partial charge in [0.25, 0.3) is 5.91 Å². The molecule has 0 saturated heterocycles. The highest BCUT2D eigenvalue weighted by Crippen LogP contribution is 2.19. The third-order valence-electron chi connectivity index (χ3n) is 4.18. The SMILES string of the molecule is CCn1c(C)cc(C(=O)NC2CCCC(N)C2)c1C.Cl. The van der Waals surface area contributed by atoms with Gasteiger partial charge in [0.15, 0.2) is 0 Å². The molecule has 4 nitrogen and oxygen atoms in total. The molecule has 5 heteroatoms. The lowest BCUT2D eigenvalue weighted by atomic mass is 9.91. The zero-order valence-electron chi connectivity index (χ0n) is 12.6. The van der Waals surface area contributed by atoms with Crippen LogP contribution in [0.25, 0.3) is 0 Å². The Morgan fingerprint density at radius 3 is 2.70 bits per heavy atom. The maximum Gasteiger partial charge on any atom is 0.253 e. The molecule has 20 heavy (non-hydrogen) atoms. The minimum Gasteiger partial charge on any atom is -0.349 e. The molecule has 1 aromatic heterocycles. The average Bonchev–Trinajstić information content (AvgIpc) is 2.64. The smallest absolute Gasteiger partial charge is 0.253 e. The number of aromatic nitrogens is 1. The molecule has 1 aromatic rings. The summed E-state index contributed by atoms with van der Waals surface area (Å²) in [5, 5.41) is 3.14. The second-order valence-corrected chi connectivity index (χ2v) is 5.63. The minimum absolute atomic E-state index is 0. The summed E-state index contributed by atoms with van der Waals surface area (Å²) in [6.07, 6.45) is 4.14. The molecule has 2 atom stereocenters. The van der Waals surface area contributed by atoms with Gasteiger partial charge in [-0.05, 0) is 52.5 Å². The van der Waals surface area contributed by atoms with Gasteiger partial charge in [0.1, 0.15) is 0 Å². The number of hydrogen-bond acceptors (Lipinski definition) is 2. The Bertz CT molecular complexity index is 470. The van der Waals surface area contributed by atoms with E-state index in [1.807, 2.05) is 19.9 Å². The van der Waals surface area contributed by atoms with E-state index in [1.165, 1.54) is 0 Å². The third kappa shape index (κ3) is 3.55. The first-order valence-corrected chi connectivity index (χ1v) is 7.26. The maximum atomic E-state index is 12.4. The van der Waals surface area contributed by atoms with Crippen molar-refractivity contribution in [1.29, 1.82) is 0 Å². The summed E-state index contributed by atoms with van der Waals surface area (Å²) < 4.78 is 2.17. The van der Waals surface area contributed by atoms with Gasteiger partial charge in [0.05, 0.1) is 5.56 Å². The van der Waals surface area contributed by atoms with Crippen LogP contribution >= 0.6 is 12.4 Å². The lowest BCUT2D eigenvalue weighted by Gasteiger charge is -2.27. The van der Waals surface area contributed by atoms with E-state index in [9.17, 15) is 4.79 Å². The lowest BCUT2D eigenvalue weighted by molar-refractivity contribution is 0.0925. The monoisotopic (exact) mass is 299 g/mol. The Hall–Kier alpha value is -1.00. The van der Waals surface area contributed by atoms with E-state index in [2.05, 4.69) is 16.8 Å². The Morgan fingerprint density at radius 1 is 1.45 bits per heavy atom. The standard InChI is InChI=1S/C15H25N3O.ClH/c1-4-18-10(2)8-14(11(18)3)15(19)17-13-7-5-6-12(16)9-13;/h8,12-13H,4-7,9,16H2,1-3H3,(H,17,19);1H. The van der Waals surface area contributed by atoms with E-state index in [4.69, 9.17) is 5.73 Å². The van der Waals surface area contributed by atoms with Crippen molar-refractivity contribution in [2.24, 2.45) is 5.73 Å². The Kier molecular flexibility index (Phi) is 6.08. The fraction of sp³-hybridized carbons (Fsp3) is 0.667. The first-order valence-electron chi connectivity index (χ1n) is 7.26. The molecule has 2 rings (SSSR count). The molecule has 0 aliphatic heterocycles. The van der Waals surface area contributed by atoms with Crippen molar-refractivity contribution in [3.63, 3.8) is 0 Å². The predicted molar refractivity (Wildman–Crippen MR) is 84.5 cm³/mol. The van der Waals surface area contributed by atoms with E-state index in [0.717, 1.165) is 49.2 Å². The van der Waals surface area contributed by atoms with E-state index in [0.29, 0.717) is 0 Å². The number of carbonyl (C=O) groups is 1. The second-order valence-electron chi connectivity index (χ2n) is 5.63. The molecular weight excluding hydrogens is 274 g/mol. The maximum absolute atomic E-state index is 12.4. The van der Waals surface area contributed by atoms with Crippen LogP contribution in [0.2, 0.25) is 0 Å². The lowest BCUT2D eigenvalue weighted by Crippen LogP contribution is -2.42. The van der Waals surface area contributed by atoms with Gasteiger partial charge in [-0.1, -0.05) is 0 Å². The summed E-state index contributed by atoms with van der Waals surface area (Å²) in [5.41, 5.74) is 8.97. The average molecular weight is 300 g/mol. The van der Waals surface area contributed by atoms with Gasteiger partial charge in [0, 0.05) is 30.0 Å². The number of hydrogen-bond donors (Lipinski definition) is 2. The molecule has 1 amide bonds. The molecule has 114 valence electrons. The van der Waals surface area contributed by atoms with Crippen molar-refractivity contribution in [2.75, 3.05) is 0 Å². The van der Waals surface area contributed by atoms with Crippen LogP contribution in [-0.2, 0) is 6.54 Å². The summed E-state index contributed by atoms with van der Waals surface area (Å²) >= 11 is 0. The highest BCUT2D eigenvalue weighted by molar-refractivity contribution is 5.95. The number of aryl methyl sites for hydroxylation is 1. The summed E-state index contributed by atoms with van der Waals surface area (Å²) in [5.74, 6) is 0.0481. The molecule has 0 bridgehead atoms. The molecule has 0 radical (unpaired) electrons.